The van der Waals surface area contributed by atoms with E-state index in [4.69, 9.17) is 0 Å². The van der Waals surface area contributed by atoms with Gasteiger partial charge in [-0.15, -0.1) is 0 Å². The van der Waals surface area contributed by atoms with Gasteiger partial charge in [0.25, 0.3) is 0 Å². The number of hydrogen-bond donors (Lipinski definition) is 2. The molecule has 0 unspecified atom stereocenters. The molecule has 0 aromatic rings. The van der Waals surface area contributed by atoms with Gasteiger partial charge in [-0.05, 0) is 25.2 Å². The molecule has 4 nitrogen and oxygen atoms in total. The molecule has 116 valence electrons. The van der Waals surface area contributed by atoms with Crippen LogP contribution in [0.4, 0.5) is 0 Å². The molecule has 2 N–H and O–H groups in total. The van der Waals surface area contributed by atoms with Crippen LogP contribution in [0.3, 0.4) is 0 Å². The molecule has 4 heteroatoms. The number of carbonyl (C=O) groups excluding carboxylic acids is 2. The minimum Gasteiger partial charge on any atom is -0.356 e. The summed E-state index contributed by atoms with van der Waals surface area (Å²) in [6.07, 6.45) is 6.02. The topological polar surface area (TPSA) is 58.2 Å². The van der Waals surface area contributed by atoms with Crippen molar-refractivity contribution in [2.45, 2.75) is 72.3 Å². The van der Waals surface area contributed by atoms with Crippen LogP contribution < -0.4 is 10.6 Å². The molecule has 0 aromatic carbocycles. The van der Waals surface area contributed by atoms with Gasteiger partial charge in [-0.3, -0.25) is 9.59 Å². The van der Waals surface area contributed by atoms with Crippen molar-refractivity contribution in [1.29, 1.82) is 0 Å². The summed E-state index contributed by atoms with van der Waals surface area (Å²) in [5.74, 6) is 0.751. The Bertz CT molecular complexity index is 334. The van der Waals surface area contributed by atoms with Crippen LogP contribution in [0, 0.1) is 11.3 Å². The van der Waals surface area contributed by atoms with Crippen LogP contribution in [0.15, 0.2) is 0 Å². The lowest BCUT2D eigenvalue weighted by molar-refractivity contribution is -0.128. The van der Waals surface area contributed by atoms with E-state index in [1.54, 1.807) is 0 Å². The first kappa shape index (κ1) is 17.0. The van der Waals surface area contributed by atoms with Crippen molar-refractivity contribution in [3.63, 3.8) is 0 Å². The summed E-state index contributed by atoms with van der Waals surface area (Å²) >= 11 is 0. The molecule has 0 saturated heterocycles. The minimum atomic E-state index is -0.361. The van der Waals surface area contributed by atoms with Crippen LogP contribution in [-0.4, -0.2) is 24.4 Å². The van der Waals surface area contributed by atoms with Gasteiger partial charge in [-0.2, -0.15) is 0 Å². The van der Waals surface area contributed by atoms with E-state index in [0.717, 1.165) is 6.42 Å². The van der Waals surface area contributed by atoms with E-state index in [0.29, 0.717) is 31.3 Å². The fraction of sp³-hybridized carbons (Fsp3) is 0.875. The van der Waals surface area contributed by atoms with Gasteiger partial charge in [0.05, 0.1) is 0 Å². The molecule has 1 fully saturated rings. The summed E-state index contributed by atoms with van der Waals surface area (Å²) in [7, 11) is 0. The summed E-state index contributed by atoms with van der Waals surface area (Å²) in [6, 6.07) is 0.348. The van der Waals surface area contributed by atoms with Gasteiger partial charge in [0.1, 0.15) is 0 Å². The normalized spacial score (nSPS) is 23.2. The molecule has 0 spiro atoms. The second-order valence-corrected chi connectivity index (χ2v) is 7.05. The Morgan fingerprint density at radius 1 is 1.15 bits per heavy atom. The van der Waals surface area contributed by atoms with Gasteiger partial charge in [0.2, 0.25) is 11.8 Å². The van der Waals surface area contributed by atoms with Gasteiger partial charge in [0.15, 0.2) is 0 Å². The first-order valence-electron chi connectivity index (χ1n) is 7.88. The largest absolute Gasteiger partial charge is 0.356 e. The first-order valence-corrected chi connectivity index (χ1v) is 7.88. The van der Waals surface area contributed by atoms with Crippen molar-refractivity contribution >= 4 is 11.8 Å². The Balaban J connectivity index is 2.16. The van der Waals surface area contributed by atoms with Crippen molar-refractivity contribution in [2.75, 3.05) is 6.54 Å². The highest BCUT2D eigenvalue weighted by Gasteiger charge is 2.23. The number of amides is 2. The van der Waals surface area contributed by atoms with Crippen molar-refractivity contribution < 1.29 is 9.59 Å². The number of hydrogen-bond acceptors (Lipinski definition) is 2. The zero-order valence-corrected chi connectivity index (χ0v) is 13.4. The molecule has 2 amide bonds. The molecule has 0 aliphatic heterocycles. The monoisotopic (exact) mass is 282 g/mol. The second-order valence-electron chi connectivity index (χ2n) is 7.05. The molecule has 20 heavy (non-hydrogen) atoms. The van der Waals surface area contributed by atoms with Gasteiger partial charge in [-0.1, -0.05) is 40.5 Å². The highest BCUT2D eigenvalue weighted by atomic mass is 16.2. The maximum absolute atomic E-state index is 11.9. The molecule has 0 bridgehead atoms. The van der Waals surface area contributed by atoms with Crippen molar-refractivity contribution in [2.24, 2.45) is 11.3 Å². The molecular formula is C16H30N2O2. The Morgan fingerprint density at radius 3 is 2.40 bits per heavy atom. The summed E-state index contributed by atoms with van der Waals surface area (Å²) < 4.78 is 0. The van der Waals surface area contributed by atoms with Crippen molar-refractivity contribution in [1.82, 2.24) is 10.6 Å². The smallest absolute Gasteiger partial charge is 0.225 e. The molecule has 0 radical (unpaired) electrons. The van der Waals surface area contributed by atoms with Crippen LogP contribution in [0.2, 0.25) is 0 Å². The van der Waals surface area contributed by atoms with Crippen LogP contribution >= 0.6 is 0 Å². The van der Waals surface area contributed by atoms with Crippen molar-refractivity contribution in [3.05, 3.63) is 0 Å². The molecular weight excluding hydrogens is 252 g/mol. The van der Waals surface area contributed by atoms with Crippen LogP contribution in [-0.2, 0) is 9.59 Å². The zero-order chi connectivity index (χ0) is 15.2. The Hall–Kier alpha value is -1.06. The highest BCUT2D eigenvalue weighted by molar-refractivity contribution is 5.81. The average Bonchev–Trinajstić information content (AvgIpc) is 2.36. The van der Waals surface area contributed by atoms with Crippen LogP contribution in [0.5, 0.6) is 0 Å². The Morgan fingerprint density at radius 2 is 1.80 bits per heavy atom. The standard InChI is InChI=1S/C16H30N2O2/c1-12-8-5-6-9-13(12)18-14(19)10-7-11-17-15(20)16(2,3)4/h12-13H,5-11H2,1-4H3,(H,17,20)(H,18,19)/t12-,13-/m0/s1. The van der Waals surface area contributed by atoms with Gasteiger partial charge >= 0.3 is 0 Å². The third-order valence-electron chi connectivity index (χ3n) is 4.01. The molecule has 1 rings (SSSR count). The molecule has 1 aliphatic carbocycles. The molecule has 1 saturated carbocycles. The van der Waals surface area contributed by atoms with Crippen molar-refractivity contribution in [3.8, 4) is 0 Å². The van der Waals surface area contributed by atoms with E-state index in [-0.39, 0.29) is 17.2 Å². The highest BCUT2D eigenvalue weighted by Crippen LogP contribution is 2.23. The van der Waals surface area contributed by atoms with Gasteiger partial charge < -0.3 is 10.6 Å². The third-order valence-corrected chi connectivity index (χ3v) is 4.01. The van der Waals surface area contributed by atoms with Gasteiger partial charge in [0, 0.05) is 24.4 Å². The maximum atomic E-state index is 11.9. The predicted octanol–water partition coefficient (Wildman–Crippen LogP) is 2.62. The summed E-state index contributed by atoms with van der Waals surface area (Å²) in [6.45, 7) is 8.45. The lowest BCUT2D eigenvalue weighted by Gasteiger charge is -2.29. The summed E-state index contributed by atoms with van der Waals surface area (Å²) in [5.41, 5.74) is -0.361. The van der Waals surface area contributed by atoms with E-state index in [2.05, 4.69) is 17.6 Å². The number of nitrogens with one attached hydrogen (secondary N) is 2. The number of rotatable bonds is 5. The van der Waals surface area contributed by atoms with E-state index >= 15 is 0 Å². The van der Waals surface area contributed by atoms with E-state index in [9.17, 15) is 9.59 Å². The average molecular weight is 282 g/mol. The Kier molecular flexibility index (Phi) is 6.50. The van der Waals surface area contributed by atoms with Gasteiger partial charge in [-0.25, -0.2) is 0 Å². The predicted molar refractivity (Wildman–Crippen MR) is 81.3 cm³/mol. The quantitative estimate of drug-likeness (QED) is 0.762. The van der Waals surface area contributed by atoms with E-state index in [1.807, 2.05) is 20.8 Å². The fourth-order valence-electron chi connectivity index (χ4n) is 2.53. The Labute approximate surface area is 123 Å². The maximum Gasteiger partial charge on any atom is 0.225 e. The second kappa shape index (κ2) is 7.65. The molecule has 0 heterocycles. The molecule has 2 atom stereocenters. The molecule has 1 aliphatic rings. The lowest BCUT2D eigenvalue weighted by atomic mass is 9.86. The fourth-order valence-corrected chi connectivity index (χ4v) is 2.53. The minimum absolute atomic E-state index is 0.0406. The van der Waals surface area contributed by atoms with E-state index in [1.165, 1.54) is 19.3 Å². The van der Waals surface area contributed by atoms with Crippen LogP contribution in [0.1, 0.15) is 66.2 Å². The lowest BCUT2D eigenvalue weighted by Crippen LogP contribution is -2.41. The summed E-state index contributed by atoms with van der Waals surface area (Å²) in [4.78, 5) is 23.5. The zero-order valence-electron chi connectivity index (χ0n) is 13.4. The first-order chi connectivity index (χ1) is 9.30. The third kappa shape index (κ3) is 5.93. The summed E-state index contributed by atoms with van der Waals surface area (Å²) in [5, 5.41) is 6.01. The number of carbonyl (C=O) groups is 2. The SMILES string of the molecule is C[C@H]1CCCC[C@@H]1NC(=O)CCCNC(=O)C(C)(C)C. The van der Waals surface area contributed by atoms with E-state index < -0.39 is 0 Å². The molecule has 0 aromatic heterocycles. The van der Waals surface area contributed by atoms with Crippen LogP contribution in [0.25, 0.3) is 0 Å².